The summed E-state index contributed by atoms with van der Waals surface area (Å²) >= 11 is 0. The zero-order chi connectivity index (χ0) is 34.2. The molecule has 0 saturated heterocycles. The molecule has 3 heterocycles. The molecule has 8 aromatic carbocycles. The van der Waals surface area contributed by atoms with Crippen LogP contribution < -0.4 is 0 Å². The third kappa shape index (κ3) is 4.34. The molecule has 0 N–H and O–H groups in total. The largest absolute Gasteiger partial charge is 0.455 e. The first-order valence-electron chi connectivity index (χ1n) is 17.6. The van der Waals surface area contributed by atoms with Gasteiger partial charge in [-0.25, -0.2) is 9.97 Å². The number of rotatable bonds is 4. The number of furan rings is 1. The Kier molecular flexibility index (Phi) is 6.22. The molecule has 0 spiro atoms. The van der Waals surface area contributed by atoms with Crippen molar-refractivity contribution in [1.82, 2.24) is 14.5 Å². The molecular weight excluding hydrogens is 635 g/mol. The number of aromatic nitrogens is 3. The van der Waals surface area contributed by atoms with E-state index < -0.39 is 0 Å². The Morgan fingerprint density at radius 1 is 0.423 bits per heavy atom. The van der Waals surface area contributed by atoms with Crippen LogP contribution >= 0.6 is 0 Å². The minimum absolute atomic E-state index is 0.642. The normalized spacial score (nSPS) is 11.8. The van der Waals surface area contributed by atoms with Gasteiger partial charge in [-0.15, -0.1) is 0 Å². The molecule has 242 valence electrons. The maximum Gasteiger partial charge on any atom is 0.235 e. The monoisotopic (exact) mass is 663 g/mol. The van der Waals surface area contributed by atoms with E-state index in [-0.39, 0.29) is 0 Å². The van der Waals surface area contributed by atoms with E-state index in [0.29, 0.717) is 5.95 Å². The van der Waals surface area contributed by atoms with Crippen LogP contribution in [0.25, 0.3) is 105 Å². The second-order valence-corrected chi connectivity index (χ2v) is 13.4. The number of nitrogens with zero attached hydrogens (tertiary/aromatic N) is 3. The number of hydrogen-bond donors (Lipinski definition) is 0. The van der Waals surface area contributed by atoms with Crippen molar-refractivity contribution in [2.24, 2.45) is 0 Å². The van der Waals surface area contributed by atoms with Gasteiger partial charge in [0.05, 0.1) is 22.2 Å². The summed E-state index contributed by atoms with van der Waals surface area (Å²) in [6.45, 7) is 0. The van der Waals surface area contributed by atoms with E-state index in [1.165, 1.54) is 10.8 Å². The lowest BCUT2D eigenvalue weighted by Crippen LogP contribution is -2.04. The summed E-state index contributed by atoms with van der Waals surface area (Å²) in [6, 6.07) is 62.0. The summed E-state index contributed by atoms with van der Waals surface area (Å²) < 4.78 is 8.75. The molecule has 0 amide bonds. The van der Waals surface area contributed by atoms with Crippen LogP contribution in [0, 0.1) is 0 Å². The molecule has 0 atom stereocenters. The minimum Gasteiger partial charge on any atom is -0.455 e. The number of fused-ring (bicyclic) bond motifs is 8. The van der Waals surface area contributed by atoms with Gasteiger partial charge in [0, 0.05) is 43.6 Å². The highest BCUT2D eigenvalue weighted by Crippen LogP contribution is 2.42. The Labute approximate surface area is 298 Å². The molecule has 11 rings (SSSR count). The molecule has 4 nitrogen and oxygen atoms in total. The second kappa shape index (κ2) is 11.2. The fraction of sp³-hybridized carbons (Fsp3) is 0. The van der Waals surface area contributed by atoms with Gasteiger partial charge < -0.3 is 4.42 Å². The van der Waals surface area contributed by atoms with E-state index in [4.69, 9.17) is 14.4 Å². The topological polar surface area (TPSA) is 43.9 Å². The SMILES string of the molecule is c1ccc(-c2nc(-n3c4cc5ccccc5cc4c4cccc(-c5cccc(-c6cccc7c6oc6ccccc67)c5)c43)nc3ccccc23)cc1. The molecule has 3 aromatic heterocycles. The van der Waals surface area contributed by atoms with Crippen LogP contribution in [0.4, 0.5) is 0 Å². The van der Waals surface area contributed by atoms with Gasteiger partial charge in [-0.05, 0) is 52.2 Å². The van der Waals surface area contributed by atoms with Crippen LogP contribution in [0.15, 0.2) is 180 Å². The lowest BCUT2D eigenvalue weighted by Gasteiger charge is -2.14. The average molecular weight is 664 g/mol. The summed E-state index contributed by atoms with van der Waals surface area (Å²) in [7, 11) is 0. The van der Waals surface area contributed by atoms with E-state index in [1.54, 1.807) is 0 Å². The summed E-state index contributed by atoms with van der Waals surface area (Å²) in [5.41, 5.74) is 11.2. The molecule has 0 bridgehead atoms. The van der Waals surface area contributed by atoms with Crippen LogP contribution in [0.1, 0.15) is 0 Å². The number of para-hydroxylation sites is 4. The Hall–Kier alpha value is -7.04. The van der Waals surface area contributed by atoms with Gasteiger partial charge >= 0.3 is 0 Å². The number of hydrogen-bond acceptors (Lipinski definition) is 3. The smallest absolute Gasteiger partial charge is 0.235 e. The second-order valence-electron chi connectivity index (χ2n) is 13.4. The molecule has 4 heteroatoms. The van der Waals surface area contributed by atoms with Crippen molar-refractivity contribution >= 4 is 65.4 Å². The lowest BCUT2D eigenvalue weighted by molar-refractivity contribution is 0.670. The maximum atomic E-state index is 6.47. The fourth-order valence-electron chi connectivity index (χ4n) is 8.00. The first-order chi connectivity index (χ1) is 25.8. The third-order valence-electron chi connectivity index (χ3n) is 10.4. The van der Waals surface area contributed by atoms with Crippen LogP contribution in [0.5, 0.6) is 0 Å². The van der Waals surface area contributed by atoms with E-state index in [1.807, 2.05) is 24.3 Å². The molecule has 52 heavy (non-hydrogen) atoms. The maximum absolute atomic E-state index is 6.47. The van der Waals surface area contributed by atoms with Gasteiger partial charge in [0.1, 0.15) is 11.2 Å². The van der Waals surface area contributed by atoms with Gasteiger partial charge in [-0.2, -0.15) is 0 Å². The Morgan fingerprint density at radius 2 is 1.06 bits per heavy atom. The quantitative estimate of drug-likeness (QED) is 0.188. The van der Waals surface area contributed by atoms with Gasteiger partial charge in [-0.3, -0.25) is 4.57 Å². The molecule has 0 aliphatic rings. The molecule has 0 saturated carbocycles. The predicted octanol–water partition coefficient (Wildman–Crippen LogP) is 12.8. The summed E-state index contributed by atoms with van der Waals surface area (Å²) in [6.07, 6.45) is 0. The average Bonchev–Trinajstić information content (AvgIpc) is 3.75. The molecule has 0 fully saturated rings. The standard InChI is InChI=1S/C48H29N3O/c1-2-13-30(14-3-1)45-40-20-6-8-25-42(40)49-48(50-45)51-43-29-32-16-5-4-15-31(32)28-41(43)38-23-11-21-35(46(38)51)33-17-10-18-34(27-33)36-22-12-24-39-37-19-7-9-26-44(37)52-47(36)39/h1-29H. The van der Waals surface area contributed by atoms with Crippen molar-refractivity contribution in [1.29, 1.82) is 0 Å². The lowest BCUT2D eigenvalue weighted by atomic mass is 9.96. The molecule has 11 aromatic rings. The van der Waals surface area contributed by atoms with Crippen LogP contribution in [-0.2, 0) is 0 Å². The molecule has 0 aliphatic carbocycles. The molecular formula is C48H29N3O. The van der Waals surface area contributed by atoms with Gasteiger partial charge in [0.25, 0.3) is 0 Å². The van der Waals surface area contributed by atoms with E-state index in [9.17, 15) is 0 Å². The van der Waals surface area contributed by atoms with Crippen molar-refractivity contribution in [3.05, 3.63) is 176 Å². The van der Waals surface area contributed by atoms with Crippen LogP contribution in [0.2, 0.25) is 0 Å². The summed E-state index contributed by atoms with van der Waals surface area (Å²) in [5.74, 6) is 0.642. The van der Waals surface area contributed by atoms with Crippen molar-refractivity contribution in [3.63, 3.8) is 0 Å². The fourth-order valence-corrected chi connectivity index (χ4v) is 8.00. The minimum atomic E-state index is 0.642. The van der Waals surface area contributed by atoms with Crippen molar-refractivity contribution in [2.75, 3.05) is 0 Å². The number of benzene rings is 8. The van der Waals surface area contributed by atoms with Gasteiger partial charge in [0.15, 0.2) is 0 Å². The summed E-state index contributed by atoms with van der Waals surface area (Å²) in [5, 5.41) is 7.96. The van der Waals surface area contributed by atoms with Crippen LogP contribution in [0.3, 0.4) is 0 Å². The highest BCUT2D eigenvalue weighted by atomic mass is 16.3. The zero-order valence-corrected chi connectivity index (χ0v) is 28.0. The van der Waals surface area contributed by atoms with Crippen molar-refractivity contribution < 1.29 is 4.42 Å². The van der Waals surface area contributed by atoms with E-state index in [2.05, 4.69) is 156 Å². The van der Waals surface area contributed by atoms with Gasteiger partial charge in [-0.1, -0.05) is 146 Å². The molecule has 0 unspecified atom stereocenters. The Bertz CT molecular complexity index is 3190. The third-order valence-corrected chi connectivity index (χ3v) is 10.4. The van der Waals surface area contributed by atoms with Crippen molar-refractivity contribution in [2.45, 2.75) is 0 Å². The van der Waals surface area contributed by atoms with E-state index in [0.717, 1.165) is 88.2 Å². The molecule has 0 aliphatic heterocycles. The van der Waals surface area contributed by atoms with Crippen molar-refractivity contribution in [3.8, 4) is 39.5 Å². The Balaban J connectivity index is 1.21. The van der Waals surface area contributed by atoms with E-state index >= 15 is 0 Å². The first-order valence-corrected chi connectivity index (χ1v) is 17.6. The first kappa shape index (κ1) is 28.8. The summed E-state index contributed by atoms with van der Waals surface area (Å²) in [4.78, 5) is 10.7. The van der Waals surface area contributed by atoms with Gasteiger partial charge in [0.2, 0.25) is 5.95 Å². The highest BCUT2D eigenvalue weighted by molar-refractivity contribution is 6.17. The zero-order valence-electron chi connectivity index (χ0n) is 28.0. The Morgan fingerprint density at radius 3 is 1.92 bits per heavy atom. The van der Waals surface area contributed by atoms with Crippen LogP contribution in [-0.4, -0.2) is 14.5 Å². The molecule has 0 radical (unpaired) electrons. The highest BCUT2D eigenvalue weighted by Gasteiger charge is 2.21. The predicted molar refractivity (Wildman–Crippen MR) is 215 cm³/mol.